The number of rotatable bonds is 9. The Labute approximate surface area is 224 Å². The minimum atomic E-state index is -0.868. The SMILES string of the molecule is COC(=O)c1c(N(Cc2ccc(OC)cc2)Cc2ccc(OC)cc2)ncn(-c2c(O)cccc2Cl)c1=O. The van der Waals surface area contributed by atoms with E-state index in [9.17, 15) is 14.7 Å². The zero-order valence-electron chi connectivity index (χ0n) is 21.1. The highest BCUT2D eigenvalue weighted by atomic mass is 35.5. The van der Waals surface area contributed by atoms with Crippen LogP contribution in [0.1, 0.15) is 21.5 Å². The minimum absolute atomic E-state index is 0.0141. The largest absolute Gasteiger partial charge is 0.506 e. The highest BCUT2D eigenvalue weighted by molar-refractivity contribution is 6.32. The zero-order valence-corrected chi connectivity index (χ0v) is 21.8. The van der Waals surface area contributed by atoms with E-state index >= 15 is 0 Å². The Bertz CT molecular complexity index is 1420. The Morgan fingerprint density at radius 1 is 0.921 bits per heavy atom. The van der Waals surface area contributed by atoms with Crippen LogP contribution in [0.4, 0.5) is 5.82 Å². The first-order valence-corrected chi connectivity index (χ1v) is 11.9. The second-order valence-corrected chi connectivity index (χ2v) is 8.68. The predicted molar refractivity (Wildman–Crippen MR) is 144 cm³/mol. The van der Waals surface area contributed by atoms with Crippen molar-refractivity contribution < 1.29 is 24.1 Å². The molecule has 0 saturated heterocycles. The molecule has 0 aliphatic heterocycles. The quantitative estimate of drug-likeness (QED) is 0.310. The molecule has 0 aliphatic rings. The molecule has 4 aromatic rings. The molecule has 0 unspecified atom stereocenters. The molecule has 0 spiro atoms. The van der Waals surface area contributed by atoms with Crippen molar-refractivity contribution in [3.63, 3.8) is 0 Å². The number of esters is 1. The number of para-hydroxylation sites is 1. The molecule has 196 valence electrons. The van der Waals surface area contributed by atoms with Crippen LogP contribution in [-0.2, 0) is 17.8 Å². The lowest BCUT2D eigenvalue weighted by Crippen LogP contribution is -2.33. The number of carbonyl (C=O) groups excluding carboxylic acids is 1. The van der Waals surface area contributed by atoms with Crippen LogP contribution in [0.3, 0.4) is 0 Å². The first-order chi connectivity index (χ1) is 18.4. The summed E-state index contributed by atoms with van der Waals surface area (Å²) in [6.07, 6.45) is 1.24. The van der Waals surface area contributed by atoms with Gasteiger partial charge in [-0.05, 0) is 47.5 Å². The van der Waals surface area contributed by atoms with E-state index in [1.165, 1.54) is 25.6 Å². The third kappa shape index (κ3) is 5.57. The number of nitrogens with zero attached hydrogens (tertiary/aromatic N) is 3. The van der Waals surface area contributed by atoms with Gasteiger partial charge in [0.25, 0.3) is 5.56 Å². The molecule has 38 heavy (non-hydrogen) atoms. The zero-order chi connectivity index (χ0) is 27.2. The van der Waals surface area contributed by atoms with Crippen molar-refractivity contribution in [3.8, 4) is 22.9 Å². The molecule has 3 aromatic carbocycles. The van der Waals surface area contributed by atoms with Crippen molar-refractivity contribution in [3.05, 3.63) is 105 Å². The number of ether oxygens (including phenoxy) is 3. The van der Waals surface area contributed by atoms with Crippen molar-refractivity contribution in [2.24, 2.45) is 0 Å². The number of aromatic hydroxyl groups is 1. The summed E-state index contributed by atoms with van der Waals surface area (Å²) in [5.74, 6) is 0.416. The highest BCUT2D eigenvalue weighted by Crippen LogP contribution is 2.30. The summed E-state index contributed by atoms with van der Waals surface area (Å²) < 4.78 is 16.5. The number of anilines is 1. The fourth-order valence-electron chi connectivity index (χ4n) is 3.98. The summed E-state index contributed by atoms with van der Waals surface area (Å²) in [6.45, 7) is 0.627. The van der Waals surface area contributed by atoms with Gasteiger partial charge in [0, 0.05) is 13.1 Å². The van der Waals surface area contributed by atoms with Crippen LogP contribution in [0.5, 0.6) is 17.2 Å². The third-order valence-electron chi connectivity index (χ3n) is 5.91. The standard InChI is InChI=1S/C28H26ClN3O6/c1-36-20-11-7-18(8-12-20)15-31(16-19-9-13-21(37-2)14-10-19)26-24(28(35)38-3)27(34)32(17-30-26)25-22(29)5-4-6-23(25)33/h4-14,17,33H,15-16H2,1-3H3. The molecular formula is C28H26ClN3O6. The second kappa shape index (κ2) is 11.7. The normalized spacial score (nSPS) is 10.6. The molecule has 9 nitrogen and oxygen atoms in total. The van der Waals surface area contributed by atoms with Gasteiger partial charge in [-0.3, -0.25) is 9.36 Å². The molecule has 0 fully saturated rings. The molecule has 0 atom stereocenters. The van der Waals surface area contributed by atoms with E-state index in [1.807, 2.05) is 48.5 Å². The van der Waals surface area contributed by atoms with E-state index in [1.54, 1.807) is 25.2 Å². The number of phenolic OH excluding ortho intramolecular Hbond substituents is 1. The van der Waals surface area contributed by atoms with E-state index in [2.05, 4.69) is 4.98 Å². The number of hydrogen-bond donors (Lipinski definition) is 1. The van der Waals surface area contributed by atoms with Gasteiger partial charge in [-0.15, -0.1) is 0 Å². The first kappa shape index (κ1) is 26.6. The van der Waals surface area contributed by atoms with Gasteiger partial charge >= 0.3 is 5.97 Å². The molecule has 4 rings (SSSR count). The predicted octanol–water partition coefficient (Wildman–Crippen LogP) is 4.60. The van der Waals surface area contributed by atoms with E-state index in [-0.39, 0.29) is 27.8 Å². The number of hydrogen-bond acceptors (Lipinski definition) is 8. The molecule has 1 N–H and O–H groups in total. The Morgan fingerprint density at radius 3 is 1.95 bits per heavy atom. The van der Waals surface area contributed by atoms with Crippen LogP contribution in [0, 0.1) is 0 Å². The molecule has 0 amide bonds. The highest BCUT2D eigenvalue weighted by Gasteiger charge is 2.26. The average molecular weight is 536 g/mol. The third-order valence-corrected chi connectivity index (χ3v) is 6.22. The fraction of sp³-hybridized carbons (Fsp3) is 0.179. The molecule has 0 radical (unpaired) electrons. The number of carbonyl (C=O) groups is 1. The van der Waals surface area contributed by atoms with Gasteiger partial charge < -0.3 is 24.2 Å². The molecule has 0 aliphatic carbocycles. The second-order valence-electron chi connectivity index (χ2n) is 8.27. The van der Waals surface area contributed by atoms with Crippen molar-refractivity contribution in [2.45, 2.75) is 13.1 Å². The molecule has 0 saturated carbocycles. The van der Waals surface area contributed by atoms with Crippen LogP contribution < -0.4 is 19.9 Å². The summed E-state index contributed by atoms with van der Waals surface area (Å²) in [4.78, 5) is 32.9. The van der Waals surface area contributed by atoms with Crippen LogP contribution >= 0.6 is 11.6 Å². The van der Waals surface area contributed by atoms with Gasteiger partial charge in [0.2, 0.25) is 0 Å². The monoisotopic (exact) mass is 535 g/mol. The van der Waals surface area contributed by atoms with Crippen molar-refractivity contribution in [1.82, 2.24) is 9.55 Å². The molecule has 1 aromatic heterocycles. The summed E-state index contributed by atoms with van der Waals surface area (Å²) >= 11 is 6.27. The minimum Gasteiger partial charge on any atom is -0.506 e. The van der Waals surface area contributed by atoms with E-state index in [4.69, 9.17) is 25.8 Å². The van der Waals surface area contributed by atoms with Gasteiger partial charge in [0.15, 0.2) is 11.4 Å². The number of aromatic nitrogens is 2. The lowest BCUT2D eigenvalue weighted by molar-refractivity contribution is 0.0598. The number of halogens is 1. The van der Waals surface area contributed by atoms with Gasteiger partial charge in [0.1, 0.15) is 29.3 Å². The van der Waals surface area contributed by atoms with E-state index in [0.29, 0.717) is 24.6 Å². The topological polar surface area (TPSA) is 103 Å². The fourth-order valence-corrected chi connectivity index (χ4v) is 4.24. The lowest BCUT2D eigenvalue weighted by atomic mass is 10.1. The van der Waals surface area contributed by atoms with Gasteiger partial charge in [-0.2, -0.15) is 0 Å². The molecule has 1 heterocycles. The number of methoxy groups -OCH3 is 3. The van der Waals surface area contributed by atoms with E-state index < -0.39 is 11.5 Å². The van der Waals surface area contributed by atoms with Crippen molar-refractivity contribution in [1.29, 1.82) is 0 Å². The Kier molecular flexibility index (Phi) is 8.18. The maximum Gasteiger partial charge on any atom is 0.347 e. The van der Waals surface area contributed by atoms with Crippen LogP contribution in [0.2, 0.25) is 5.02 Å². The number of phenols is 1. The van der Waals surface area contributed by atoms with Crippen molar-refractivity contribution in [2.75, 3.05) is 26.2 Å². The van der Waals surface area contributed by atoms with Gasteiger partial charge in [-0.25, -0.2) is 9.78 Å². The summed E-state index contributed by atoms with van der Waals surface area (Å²) in [5.41, 5.74) is 0.769. The van der Waals surface area contributed by atoms with Crippen molar-refractivity contribution >= 4 is 23.4 Å². The van der Waals surface area contributed by atoms with E-state index in [0.717, 1.165) is 15.7 Å². The van der Waals surface area contributed by atoms with Gasteiger partial charge in [-0.1, -0.05) is 41.9 Å². The van der Waals surface area contributed by atoms with Crippen LogP contribution in [-0.4, -0.2) is 42.0 Å². The molecule has 0 bridgehead atoms. The van der Waals surface area contributed by atoms with Crippen LogP contribution in [0.15, 0.2) is 77.9 Å². The van der Waals surface area contributed by atoms with Crippen LogP contribution in [0.25, 0.3) is 5.69 Å². The summed E-state index contributed by atoms with van der Waals surface area (Å²) in [5, 5.41) is 10.5. The Balaban J connectivity index is 1.85. The maximum absolute atomic E-state index is 13.7. The smallest absolute Gasteiger partial charge is 0.347 e. The average Bonchev–Trinajstić information content (AvgIpc) is 2.93. The Hall–Kier alpha value is -4.50. The first-order valence-electron chi connectivity index (χ1n) is 11.5. The summed E-state index contributed by atoms with van der Waals surface area (Å²) in [7, 11) is 4.36. The lowest BCUT2D eigenvalue weighted by Gasteiger charge is -2.26. The maximum atomic E-state index is 13.7. The molecule has 10 heteroatoms. The van der Waals surface area contributed by atoms with Gasteiger partial charge in [0.05, 0.1) is 26.4 Å². The molecular weight excluding hydrogens is 510 g/mol. The number of benzene rings is 3. The Morgan fingerprint density at radius 2 is 1.47 bits per heavy atom. The summed E-state index contributed by atoms with van der Waals surface area (Å²) in [6, 6.07) is 19.3.